The Morgan fingerprint density at radius 1 is 0.962 bits per heavy atom. The van der Waals surface area contributed by atoms with Gasteiger partial charge in [0.15, 0.2) is 0 Å². The predicted octanol–water partition coefficient (Wildman–Crippen LogP) is 5.73. The first kappa shape index (κ1) is 17.7. The van der Waals surface area contributed by atoms with E-state index < -0.39 is 0 Å². The van der Waals surface area contributed by atoms with Gasteiger partial charge in [0.2, 0.25) is 5.88 Å². The van der Waals surface area contributed by atoms with E-state index >= 15 is 0 Å². The molecule has 130 valence electrons. The third-order valence-electron chi connectivity index (χ3n) is 4.53. The first-order valence-electron chi connectivity index (χ1n) is 8.70. The van der Waals surface area contributed by atoms with Crippen LogP contribution in [0, 0.1) is 18.3 Å². The highest BCUT2D eigenvalue weighted by molar-refractivity contribution is 5.78. The maximum Gasteiger partial charge on any atom is 0.232 e. The van der Waals surface area contributed by atoms with Crippen molar-refractivity contribution in [2.24, 2.45) is 0 Å². The summed E-state index contributed by atoms with van der Waals surface area (Å²) >= 11 is 0. The minimum absolute atomic E-state index is 0.355. The summed E-state index contributed by atoms with van der Waals surface area (Å²) in [6.07, 6.45) is 0. The van der Waals surface area contributed by atoms with Gasteiger partial charge in [-0.05, 0) is 30.0 Å². The Kier molecular flexibility index (Phi) is 5.04. The van der Waals surface area contributed by atoms with Crippen LogP contribution in [0.3, 0.4) is 0 Å². The largest absolute Gasteiger partial charge is 0.480 e. The molecule has 1 heterocycles. The standard InChI is InChI=1S/C23H22N2O/c1-15(2)17-9-11-18(12-10-17)20-13-22(19-7-5-16(3)6-8-19)25-23(26-4)21(20)14-24/h5-13,15H,1-4H3. The van der Waals surface area contributed by atoms with Gasteiger partial charge >= 0.3 is 0 Å². The number of rotatable bonds is 4. The molecule has 0 radical (unpaired) electrons. The minimum Gasteiger partial charge on any atom is -0.480 e. The number of aryl methyl sites for hydroxylation is 1. The Bertz CT molecular complexity index is 949. The van der Waals surface area contributed by atoms with Crippen LogP contribution >= 0.6 is 0 Å². The summed E-state index contributed by atoms with van der Waals surface area (Å²) in [4.78, 5) is 4.55. The van der Waals surface area contributed by atoms with Gasteiger partial charge in [-0.2, -0.15) is 5.26 Å². The molecule has 0 saturated carbocycles. The van der Waals surface area contributed by atoms with Gasteiger partial charge < -0.3 is 4.74 Å². The van der Waals surface area contributed by atoms with Gasteiger partial charge in [-0.15, -0.1) is 0 Å². The van der Waals surface area contributed by atoms with Crippen molar-refractivity contribution in [3.8, 4) is 34.3 Å². The van der Waals surface area contributed by atoms with Gasteiger partial charge in [0.1, 0.15) is 11.6 Å². The fourth-order valence-corrected chi connectivity index (χ4v) is 2.92. The van der Waals surface area contributed by atoms with Crippen LogP contribution < -0.4 is 4.74 Å². The summed E-state index contributed by atoms with van der Waals surface area (Å²) in [7, 11) is 1.55. The molecule has 0 spiro atoms. The van der Waals surface area contributed by atoms with E-state index in [1.165, 1.54) is 11.1 Å². The molecule has 0 fully saturated rings. The SMILES string of the molecule is COc1nc(-c2ccc(C)cc2)cc(-c2ccc(C(C)C)cc2)c1C#N. The number of pyridine rings is 1. The number of ether oxygens (including phenoxy) is 1. The monoisotopic (exact) mass is 342 g/mol. The highest BCUT2D eigenvalue weighted by Gasteiger charge is 2.16. The maximum atomic E-state index is 9.66. The Morgan fingerprint density at radius 3 is 2.12 bits per heavy atom. The number of methoxy groups -OCH3 is 1. The molecule has 0 aliphatic rings. The molecule has 1 aromatic heterocycles. The smallest absolute Gasteiger partial charge is 0.232 e. The van der Waals surface area contributed by atoms with Crippen LogP contribution in [0.2, 0.25) is 0 Å². The summed E-state index contributed by atoms with van der Waals surface area (Å²) in [5.41, 5.74) is 6.54. The van der Waals surface area contributed by atoms with E-state index in [2.05, 4.69) is 68.2 Å². The summed E-state index contributed by atoms with van der Waals surface area (Å²) in [6, 6.07) is 20.7. The van der Waals surface area contributed by atoms with Crippen LogP contribution in [0.5, 0.6) is 5.88 Å². The van der Waals surface area contributed by atoms with Crippen molar-refractivity contribution in [2.75, 3.05) is 7.11 Å². The quantitative estimate of drug-likeness (QED) is 0.608. The Balaban J connectivity index is 2.17. The lowest BCUT2D eigenvalue weighted by Crippen LogP contribution is -1.98. The van der Waals surface area contributed by atoms with Crippen LogP contribution in [0.15, 0.2) is 54.6 Å². The van der Waals surface area contributed by atoms with Crippen molar-refractivity contribution < 1.29 is 4.74 Å². The van der Waals surface area contributed by atoms with E-state index in [9.17, 15) is 5.26 Å². The third kappa shape index (κ3) is 3.45. The molecule has 3 nitrogen and oxygen atoms in total. The number of hydrogen-bond acceptors (Lipinski definition) is 3. The Hall–Kier alpha value is -3.12. The molecule has 0 unspecified atom stereocenters. The minimum atomic E-state index is 0.355. The molecular formula is C23H22N2O. The molecule has 3 rings (SSSR count). The number of nitriles is 1. The number of hydrogen-bond donors (Lipinski definition) is 0. The van der Waals surface area contributed by atoms with E-state index in [0.29, 0.717) is 17.4 Å². The third-order valence-corrected chi connectivity index (χ3v) is 4.53. The van der Waals surface area contributed by atoms with Crippen LogP contribution in [0.4, 0.5) is 0 Å². The molecule has 0 saturated heterocycles. The Morgan fingerprint density at radius 2 is 1.58 bits per heavy atom. The number of benzene rings is 2. The van der Waals surface area contributed by atoms with Gasteiger partial charge in [-0.3, -0.25) is 0 Å². The van der Waals surface area contributed by atoms with Gasteiger partial charge in [0.05, 0.1) is 12.8 Å². The average molecular weight is 342 g/mol. The van der Waals surface area contributed by atoms with E-state index in [-0.39, 0.29) is 0 Å². The molecule has 3 aromatic rings. The predicted molar refractivity (Wildman–Crippen MR) is 105 cm³/mol. The van der Waals surface area contributed by atoms with Crippen molar-refractivity contribution in [2.45, 2.75) is 26.7 Å². The molecule has 3 heteroatoms. The first-order valence-corrected chi connectivity index (χ1v) is 8.70. The molecule has 26 heavy (non-hydrogen) atoms. The zero-order chi connectivity index (χ0) is 18.7. The molecule has 0 N–H and O–H groups in total. The summed E-state index contributed by atoms with van der Waals surface area (Å²) < 4.78 is 5.41. The van der Waals surface area contributed by atoms with Crippen LogP contribution in [0.25, 0.3) is 22.4 Å². The first-order chi connectivity index (χ1) is 12.5. The molecule has 0 bridgehead atoms. The zero-order valence-electron chi connectivity index (χ0n) is 15.6. The zero-order valence-corrected chi connectivity index (χ0v) is 15.6. The van der Waals surface area contributed by atoms with Gasteiger partial charge in [0.25, 0.3) is 0 Å². The maximum absolute atomic E-state index is 9.66. The van der Waals surface area contributed by atoms with Crippen LogP contribution in [-0.2, 0) is 0 Å². The van der Waals surface area contributed by atoms with Crippen molar-refractivity contribution in [1.29, 1.82) is 5.26 Å². The summed E-state index contributed by atoms with van der Waals surface area (Å²) in [6.45, 7) is 6.39. The second kappa shape index (κ2) is 7.41. The van der Waals surface area contributed by atoms with E-state index in [4.69, 9.17) is 4.74 Å². The van der Waals surface area contributed by atoms with Gasteiger partial charge in [-0.25, -0.2) is 4.98 Å². The molecule has 2 aromatic carbocycles. The molecule has 0 aliphatic carbocycles. The van der Waals surface area contributed by atoms with Crippen molar-refractivity contribution in [3.63, 3.8) is 0 Å². The topological polar surface area (TPSA) is 45.9 Å². The Labute approximate surface area is 154 Å². The lowest BCUT2D eigenvalue weighted by atomic mass is 9.95. The van der Waals surface area contributed by atoms with E-state index in [1.54, 1.807) is 7.11 Å². The fourth-order valence-electron chi connectivity index (χ4n) is 2.92. The van der Waals surface area contributed by atoms with E-state index in [1.807, 2.05) is 18.2 Å². The molecule has 0 aliphatic heterocycles. The molecule has 0 atom stereocenters. The normalized spacial score (nSPS) is 10.6. The summed E-state index contributed by atoms with van der Waals surface area (Å²) in [5, 5.41) is 9.66. The molecule has 0 amide bonds. The highest BCUT2D eigenvalue weighted by Crippen LogP contribution is 2.34. The number of nitrogens with zero attached hydrogens (tertiary/aromatic N) is 2. The summed E-state index contributed by atoms with van der Waals surface area (Å²) in [5.74, 6) is 0.822. The number of aromatic nitrogens is 1. The van der Waals surface area contributed by atoms with Crippen molar-refractivity contribution >= 4 is 0 Å². The van der Waals surface area contributed by atoms with E-state index in [0.717, 1.165) is 22.4 Å². The lowest BCUT2D eigenvalue weighted by Gasteiger charge is -2.13. The lowest BCUT2D eigenvalue weighted by molar-refractivity contribution is 0.397. The van der Waals surface area contributed by atoms with Crippen LogP contribution in [-0.4, -0.2) is 12.1 Å². The van der Waals surface area contributed by atoms with Crippen LogP contribution in [0.1, 0.15) is 36.5 Å². The van der Waals surface area contributed by atoms with Crippen molar-refractivity contribution in [3.05, 3.63) is 71.3 Å². The highest BCUT2D eigenvalue weighted by atomic mass is 16.5. The second-order valence-electron chi connectivity index (χ2n) is 6.69. The van der Waals surface area contributed by atoms with Crippen molar-refractivity contribution in [1.82, 2.24) is 4.98 Å². The average Bonchev–Trinajstić information content (AvgIpc) is 2.67. The second-order valence-corrected chi connectivity index (χ2v) is 6.69. The van der Waals surface area contributed by atoms with Gasteiger partial charge in [-0.1, -0.05) is 67.9 Å². The molecular weight excluding hydrogens is 320 g/mol. The fraction of sp³-hybridized carbons (Fsp3) is 0.217. The van der Waals surface area contributed by atoms with Gasteiger partial charge in [0, 0.05) is 11.1 Å².